The SMILES string of the molecule is CCCCCCCCCCCCCCOc1ccc(-c2ccc(OC(=O)C(F)CC(C)C)cc2)cc1. The van der Waals surface area contributed by atoms with Crippen molar-refractivity contribution >= 4 is 5.97 Å². The number of hydrogen-bond donors (Lipinski definition) is 0. The highest BCUT2D eigenvalue weighted by atomic mass is 19.1. The van der Waals surface area contributed by atoms with Crippen LogP contribution in [-0.4, -0.2) is 18.7 Å². The summed E-state index contributed by atoms with van der Waals surface area (Å²) in [5.41, 5.74) is 2.05. The maximum atomic E-state index is 13.9. The number of ether oxygens (including phenoxy) is 2. The Hall–Kier alpha value is -2.36. The first kappa shape index (κ1) is 29.9. The van der Waals surface area contributed by atoms with Gasteiger partial charge in [0.25, 0.3) is 0 Å². The third kappa shape index (κ3) is 12.6. The van der Waals surface area contributed by atoms with Crippen LogP contribution in [0.1, 0.15) is 104 Å². The van der Waals surface area contributed by atoms with E-state index in [1.165, 1.54) is 70.6 Å². The Morgan fingerprint density at radius 1 is 0.694 bits per heavy atom. The van der Waals surface area contributed by atoms with Gasteiger partial charge in [-0.3, -0.25) is 0 Å². The molecule has 0 fully saturated rings. The zero-order valence-electron chi connectivity index (χ0n) is 22.8. The van der Waals surface area contributed by atoms with Crippen LogP contribution < -0.4 is 9.47 Å². The molecule has 0 aliphatic heterocycles. The van der Waals surface area contributed by atoms with Gasteiger partial charge in [0.2, 0.25) is 0 Å². The maximum Gasteiger partial charge on any atom is 0.346 e. The van der Waals surface area contributed by atoms with Crippen LogP contribution in [0, 0.1) is 5.92 Å². The van der Waals surface area contributed by atoms with Gasteiger partial charge in [0, 0.05) is 0 Å². The molecule has 0 spiro atoms. The Morgan fingerprint density at radius 3 is 1.61 bits per heavy atom. The summed E-state index contributed by atoms with van der Waals surface area (Å²) in [5, 5.41) is 0. The smallest absolute Gasteiger partial charge is 0.346 e. The summed E-state index contributed by atoms with van der Waals surface area (Å²) >= 11 is 0. The van der Waals surface area contributed by atoms with Crippen molar-refractivity contribution in [3.8, 4) is 22.6 Å². The van der Waals surface area contributed by atoms with Crippen LogP contribution in [0.3, 0.4) is 0 Å². The van der Waals surface area contributed by atoms with Gasteiger partial charge in [-0.2, -0.15) is 0 Å². The molecule has 3 nitrogen and oxygen atoms in total. The highest BCUT2D eigenvalue weighted by Crippen LogP contribution is 2.25. The van der Waals surface area contributed by atoms with Gasteiger partial charge in [0.1, 0.15) is 11.5 Å². The van der Waals surface area contributed by atoms with Gasteiger partial charge in [0.05, 0.1) is 6.61 Å². The van der Waals surface area contributed by atoms with Gasteiger partial charge in [-0.1, -0.05) is 116 Å². The fraction of sp³-hybridized carbons (Fsp3) is 0.594. The zero-order valence-corrected chi connectivity index (χ0v) is 22.8. The number of rotatable bonds is 19. The minimum Gasteiger partial charge on any atom is -0.494 e. The molecule has 4 heteroatoms. The second-order valence-corrected chi connectivity index (χ2v) is 10.3. The molecular formula is C32H47FO3. The Balaban J connectivity index is 1.60. The molecule has 0 saturated carbocycles. The lowest BCUT2D eigenvalue weighted by Crippen LogP contribution is -2.23. The van der Waals surface area contributed by atoms with Gasteiger partial charge in [0.15, 0.2) is 6.17 Å². The standard InChI is InChI=1S/C32H47FO3/c1-4-5-6-7-8-9-10-11-12-13-14-15-24-35-29-20-16-27(17-21-29)28-18-22-30(23-19-28)36-32(34)31(33)25-26(2)3/h16-23,26,31H,4-15,24-25H2,1-3H3. The summed E-state index contributed by atoms with van der Waals surface area (Å²) in [6.07, 6.45) is 14.7. The van der Waals surface area contributed by atoms with E-state index in [0.29, 0.717) is 5.75 Å². The monoisotopic (exact) mass is 498 g/mol. The lowest BCUT2D eigenvalue weighted by Gasteiger charge is -2.11. The molecule has 0 saturated heterocycles. The number of carbonyl (C=O) groups is 1. The first-order valence-electron chi connectivity index (χ1n) is 14.2. The molecule has 1 atom stereocenters. The number of benzene rings is 2. The van der Waals surface area contributed by atoms with Crippen molar-refractivity contribution in [2.45, 2.75) is 110 Å². The van der Waals surface area contributed by atoms with E-state index in [0.717, 1.165) is 29.9 Å². The van der Waals surface area contributed by atoms with E-state index in [-0.39, 0.29) is 12.3 Å². The molecule has 2 aromatic carbocycles. The third-order valence-corrected chi connectivity index (χ3v) is 6.46. The normalized spacial score (nSPS) is 12.0. The average molecular weight is 499 g/mol. The van der Waals surface area contributed by atoms with Crippen molar-refractivity contribution in [3.05, 3.63) is 48.5 Å². The molecule has 0 amide bonds. The molecular weight excluding hydrogens is 451 g/mol. The molecule has 200 valence electrons. The van der Waals surface area contributed by atoms with Crippen LogP contribution in [0.5, 0.6) is 11.5 Å². The van der Waals surface area contributed by atoms with Crippen LogP contribution in [0.25, 0.3) is 11.1 Å². The van der Waals surface area contributed by atoms with Gasteiger partial charge in [-0.05, 0) is 54.2 Å². The molecule has 0 aliphatic rings. The predicted molar refractivity (Wildman–Crippen MR) is 148 cm³/mol. The second kappa shape index (κ2) is 18.0. The van der Waals surface area contributed by atoms with Gasteiger partial charge >= 0.3 is 5.97 Å². The number of alkyl halides is 1. The first-order valence-corrected chi connectivity index (χ1v) is 14.2. The van der Waals surface area contributed by atoms with E-state index in [2.05, 4.69) is 6.92 Å². The van der Waals surface area contributed by atoms with Crippen molar-refractivity contribution < 1.29 is 18.7 Å². The fourth-order valence-corrected chi connectivity index (χ4v) is 4.28. The highest BCUT2D eigenvalue weighted by Gasteiger charge is 2.20. The maximum absolute atomic E-state index is 13.9. The Bertz CT molecular complexity index is 829. The highest BCUT2D eigenvalue weighted by molar-refractivity contribution is 5.77. The summed E-state index contributed by atoms with van der Waals surface area (Å²) in [5.74, 6) is 0.515. The molecule has 2 aromatic rings. The lowest BCUT2D eigenvalue weighted by molar-refractivity contribution is -0.140. The van der Waals surface area contributed by atoms with E-state index < -0.39 is 12.1 Å². The quantitative estimate of drug-likeness (QED) is 0.110. The van der Waals surface area contributed by atoms with Crippen LogP contribution in [0.15, 0.2) is 48.5 Å². The Labute approximate surface area is 218 Å². The summed E-state index contributed by atoms with van der Waals surface area (Å²) < 4.78 is 24.9. The van der Waals surface area contributed by atoms with Gasteiger partial charge in [-0.25, -0.2) is 9.18 Å². The van der Waals surface area contributed by atoms with E-state index in [1.807, 2.05) is 50.2 Å². The number of hydrogen-bond acceptors (Lipinski definition) is 3. The zero-order chi connectivity index (χ0) is 26.0. The summed E-state index contributed by atoms with van der Waals surface area (Å²) in [7, 11) is 0. The van der Waals surface area contributed by atoms with E-state index in [1.54, 1.807) is 12.1 Å². The van der Waals surface area contributed by atoms with Crippen LogP contribution in [-0.2, 0) is 4.79 Å². The van der Waals surface area contributed by atoms with Crippen molar-refractivity contribution in [3.63, 3.8) is 0 Å². The van der Waals surface area contributed by atoms with E-state index in [4.69, 9.17) is 9.47 Å². The third-order valence-electron chi connectivity index (χ3n) is 6.46. The van der Waals surface area contributed by atoms with Crippen molar-refractivity contribution in [1.82, 2.24) is 0 Å². The van der Waals surface area contributed by atoms with Gasteiger partial charge in [-0.15, -0.1) is 0 Å². The molecule has 2 rings (SSSR count). The van der Waals surface area contributed by atoms with Crippen molar-refractivity contribution in [2.75, 3.05) is 6.61 Å². The van der Waals surface area contributed by atoms with Crippen molar-refractivity contribution in [1.29, 1.82) is 0 Å². The first-order chi connectivity index (χ1) is 17.5. The fourth-order valence-electron chi connectivity index (χ4n) is 4.28. The van der Waals surface area contributed by atoms with E-state index in [9.17, 15) is 9.18 Å². The molecule has 1 unspecified atom stereocenters. The summed E-state index contributed by atoms with van der Waals surface area (Å²) in [6, 6.07) is 15.2. The molecule has 36 heavy (non-hydrogen) atoms. The molecule has 0 radical (unpaired) electrons. The Kier molecular flexibility index (Phi) is 14.9. The number of carbonyl (C=O) groups excluding carboxylic acids is 1. The number of halogens is 1. The summed E-state index contributed by atoms with van der Waals surface area (Å²) in [4.78, 5) is 11.9. The minimum atomic E-state index is -1.59. The second-order valence-electron chi connectivity index (χ2n) is 10.3. The molecule has 0 aliphatic carbocycles. The van der Waals surface area contributed by atoms with Crippen LogP contribution >= 0.6 is 0 Å². The summed E-state index contributed by atoms with van der Waals surface area (Å²) in [6.45, 7) is 6.78. The molecule has 0 N–H and O–H groups in total. The molecule has 0 bridgehead atoms. The minimum absolute atomic E-state index is 0.103. The van der Waals surface area contributed by atoms with Gasteiger partial charge < -0.3 is 9.47 Å². The number of esters is 1. The predicted octanol–water partition coefficient (Wildman–Crippen LogP) is 9.72. The molecule has 0 aromatic heterocycles. The van der Waals surface area contributed by atoms with Crippen LogP contribution in [0.4, 0.5) is 4.39 Å². The molecule has 0 heterocycles. The number of unbranched alkanes of at least 4 members (excludes halogenated alkanes) is 11. The van der Waals surface area contributed by atoms with Crippen LogP contribution in [0.2, 0.25) is 0 Å². The average Bonchev–Trinajstić information content (AvgIpc) is 2.87. The van der Waals surface area contributed by atoms with Crippen molar-refractivity contribution in [2.24, 2.45) is 5.92 Å². The Morgan fingerprint density at radius 2 is 1.14 bits per heavy atom. The largest absolute Gasteiger partial charge is 0.494 e. The lowest BCUT2D eigenvalue weighted by atomic mass is 10.1. The topological polar surface area (TPSA) is 35.5 Å². The van der Waals surface area contributed by atoms with E-state index >= 15 is 0 Å².